The van der Waals surface area contributed by atoms with E-state index in [1.807, 2.05) is 0 Å². The number of nitrogens with one attached hydrogen (secondary N) is 1. The molecule has 2 heterocycles. The van der Waals surface area contributed by atoms with E-state index in [1.165, 1.54) is 6.20 Å². The van der Waals surface area contributed by atoms with E-state index in [4.69, 9.17) is 4.74 Å². The number of ether oxygens (including phenoxy) is 1. The van der Waals surface area contributed by atoms with Crippen LogP contribution in [0.2, 0.25) is 0 Å². The Morgan fingerprint density at radius 2 is 2.29 bits per heavy atom. The highest BCUT2D eigenvalue weighted by Crippen LogP contribution is 2.07. The van der Waals surface area contributed by atoms with Gasteiger partial charge in [0, 0.05) is 28.6 Å². The van der Waals surface area contributed by atoms with Crippen LogP contribution in [-0.4, -0.2) is 27.8 Å². The molecule has 2 aromatic heterocycles. The molecule has 0 unspecified atom stereocenters. The standard InChI is InChI=1S/C11H10IN3O2/c12-10-3-9(6-13-7-10)11(16)17-2-1-8-4-14-15-5-8/h3-7H,1-2H2,(H,14,15). The van der Waals surface area contributed by atoms with Gasteiger partial charge in [-0.15, -0.1) is 0 Å². The predicted octanol–water partition coefficient (Wildman–Crippen LogP) is 1.81. The summed E-state index contributed by atoms with van der Waals surface area (Å²) in [6, 6.07) is 1.74. The number of nitrogens with zero attached hydrogens (tertiary/aromatic N) is 2. The molecule has 0 aromatic carbocycles. The molecule has 0 aliphatic rings. The van der Waals surface area contributed by atoms with Crippen molar-refractivity contribution in [3.63, 3.8) is 0 Å². The van der Waals surface area contributed by atoms with Gasteiger partial charge in [0.2, 0.25) is 0 Å². The fourth-order valence-corrected chi connectivity index (χ4v) is 1.78. The molecule has 0 atom stereocenters. The topological polar surface area (TPSA) is 67.9 Å². The second kappa shape index (κ2) is 5.76. The van der Waals surface area contributed by atoms with Crippen LogP contribution in [0.5, 0.6) is 0 Å². The van der Waals surface area contributed by atoms with Gasteiger partial charge in [-0.1, -0.05) is 0 Å². The molecule has 0 amide bonds. The van der Waals surface area contributed by atoms with Gasteiger partial charge >= 0.3 is 5.97 Å². The molecule has 0 fully saturated rings. The van der Waals surface area contributed by atoms with Gasteiger partial charge in [-0.2, -0.15) is 5.10 Å². The Morgan fingerprint density at radius 1 is 1.41 bits per heavy atom. The van der Waals surface area contributed by atoms with Crippen molar-refractivity contribution < 1.29 is 9.53 Å². The van der Waals surface area contributed by atoms with Crippen molar-refractivity contribution in [3.8, 4) is 0 Å². The molecule has 0 aliphatic carbocycles. The van der Waals surface area contributed by atoms with Crippen LogP contribution < -0.4 is 0 Å². The fraction of sp³-hybridized carbons (Fsp3) is 0.182. The number of aromatic nitrogens is 3. The normalized spacial score (nSPS) is 10.2. The number of carbonyl (C=O) groups is 1. The van der Waals surface area contributed by atoms with E-state index in [0.717, 1.165) is 9.13 Å². The second-order valence-electron chi connectivity index (χ2n) is 3.38. The van der Waals surface area contributed by atoms with E-state index >= 15 is 0 Å². The molecule has 2 aromatic rings. The van der Waals surface area contributed by atoms with Gasteiger partial charge in [0.15, 0.2) is 0 Å². The number of hydrogen-bond acceptors (Lipinski definition) is 4. The second-order valence-corrected chi connectivity index (χ2v) is 4.63. The maximum absolute atomic E-state index is 11.6. The van der Waals surface area contributed by atoms with Crippen molar-refractivity contribution in [1.82, 2.24) is 15.2 Å². The molecule has 1 N–H and O–H groups in total. The summed E-state index contributed by atoms with van der Waals surface area (Å²) in [5.41, 5.74) is 1.49. The SMILES string of the molecule is O=C(OCCc1cn[nH]c1)c1cncc(I)c1. The van der Waals surface area contributed by atoms with Crippen LogP contribution in [0.1, 0.15) is 15.9 Å². The van der Waals surface area contributed by atoms with E-state index in [1.54, 1.807) is 24.7 Å². The molecule has 0 bridgehead atoms. The lowest BCUT2D eigenvalue weighted by Gasteiger charge is -2.03. The number of rotatable bonds is 4. The Balaban J connectivity index is 1.85. The highest BCUT2D eigenvalue weighted by molar-refractivity contribution is 14.1. The number of aromatic amines is 1. The minimum atomic E-state index is -0.348. The van der Waals surface area contributed by atoms with Crippen LogP contribution in [0.25, 0.3) is 0 Å². The minimum absolute atomic E-state index is 0.337. The van der Waals surface area contributed by atoms with Crippen LogP contribution in [0.15, 0.2) is 30.9 Å². The lowest BCUT2D eigenvalue weighted by atomic mass is 10.2. The zero-order valence-electron chi connectivity index (χ0n) is 8.89. The molecule has 0 saturated heterocycles. The number of carbonyl (C=O) groups excluding carboxylic acids is 1. The Bertz CT molecular complexity index is 499. The van der Waals surface area contributed by atoms with Gasteiger partial charge < -0.3 is 4.74 Å². The van der Waals surface area contributed by atoms with Crippen molar-refractivity contribution >= 4 is 28.6 Å². The van der Waals surface area contributed by atoms with E-state index in [9.17, 15) is 4.79 Å². The number of hydrogen-bond donors (Lipinski definition) is 1. The molecule has 6 heteroatoms. The Labute approximate surface area is 112 Å². The lowest BCUT2D eigenvalue weighted by Crippen LogP contribution is -2.08. The van der Waals surface area contributed by atoms with Gasteiger partial charge in [0.05, 0.1) is 18.4 Å². The third-order valence-corrected chi connectivity index (χ3v) is 2.71. The summed E-state index contributed by atoms with van der Waals surface area (Å²) in [7, 11) is 0. The zero-order valence-corrected chi connectivity index (χ0v) is 11.0. The summed E-state index contributed by atoms with van der Waals surface area (Å²) >= 11 is 2.10. The van der Waals surface area contributed by atoms with Gasteiger partial charge in [-0.25, -0.2) is 4.79 Å². The van der Waals surface area contributed by atoms with Crippen LogP contribution in [0.4, 0.5) is 0 Å². The smallest absolute Gasteiger partial charge is 0.339 e. The Morgan fingerprint density at radius 3 is 3.00 bits per heavy atom. The first kappa shape index (κ1) is 12.0. The van der Waals surface area contributed by atoms with E-state index < -0.39 is 0 Å². The highest BCUT2D eigenvalue weighted by Gasteiger charge is 2.07. The Hall–Kier alpha value is -1.44. The molecule has 0 spiro atoms. The van der Waals surface area contributed by atoms with Crippen LogP contribution in [0, 0.1) is 3.57 Å². The number of H-pyrrole nitrogens is 1. The van der Waals surface area contributed by atoms with Gasteiger partial charge in [0.25, 0.3) is 0 Å². The molecule has 2 rings (SSSR count). The van der Waals surface area contributed by atoms with Crippen molar-refractivity contribution in [2.45, 2.75) is 6.42 Å². The Kier molecular flexibility index (Phi) is 4.08. The molecular formula is C11H10IN3O2. The van der Waals surface area contributed by atoms with E-state index in [0.29, 0.717) is 18.6 Å². The van der Waals surface area contributed by atoms with Crippen molar-refractivity contribution in [2.75, 3.05) is 6.61 Å². The summed E-state index contributed by atoms with van der Waals surface area (Å²) in [4.78, 5) is 15.6. The molecule has 88 valence electrons. The largest absolute Gasteiger partial charge is 0.462 e. The van der Waals surface area contributed by atoms with E-state index in [2.05, 4.69) is 37.8 Å². The molecular weight excluding hydrogens is 333 g/mol. The zero-order chi connectivity index (χ0) is 12.1. The first-order valence-electron chi connectivity index (χ1n) is 5.01. The van der Waals surface area contributed by atoms with Crippen LogP contribution in [-0.2, 0) is 11.2 Å². The average molecular weight is 343 g/mol. The van der Waals surface area contributed by atoms with Crippen LogP contribution in [0.3, 0.4) is 0 Å². The third-order valence-electron chi connectivity index (χ3n) is 2.12. The number of pyridine rings is 1. The monoisotopic (exact) mass is 343 g/mol. The lowest BCUT2D eigenvalue weighted by molar-refractivity contribution is 0.0508. The average Bonchev–Trinajstić information content (AvgIpc) is 2.82. The summed E-state index contributed by atoms with van der Waals surface area (Å²) in [6.45, 7) is 0.337. The van der Waals surface area contributed by atoms with Crippen molar-refractivity contribution in [3.05, 3.63) is 45.6 Å². The molecule has 5 nitrogen and oxygen atoms in total. The first-order chi connectivity index (χ1) is 8.25. The third kappa shape index (κ3) is 3.52. The fourth-order valence-electron chi connectivity index (χ4n) is 1.28. The summed E-state index contributed by atoms with van der Waals surface area (Å²) in [6.07, 6.45) is 7.33. The number of halogens is 1. The van der Waals surface area contributed by atoms with Gasteiger partial charge in [-0.05, 0) is 34.2 Å². The summed E-state index contributed by atoms with van der Waals surface area (Å²) in [5, 5.41) is 6.52. The summed E-state index contributed by atoms with van der Waals surface area (Å²) in [5.74, 6) is -0.348. The molecule has 0 radical (unpaired) electrons. The molecule has 0 saturated carbocycles. The van der Waals surface area contributed by atoms with E-state index in [-0.39, 0.29) is 5.97 Å². The quantitative estimate of drug-likeness (QED) is 0.679. The van der Waals surface area contributed by atoms with Crippen LogP contribution >= 0.6 is 22.6 Å². The predicted molar refractivity (Wildman–Crippen MR) is 69.5 cm³/mol. The van der Waals surface area contributed by atoms with Gasteiger partial charge in [0.1, 0.15) is 0 Å². The maximum atomic E-state index is 11.6. The van der Waals surface area contributed by atoms with Gasteiger partial charge in [-0.3, -0.25) is 10.1 Å². The maximum Gasteiger partial charge on any atom is 0.339 e. The minimum Gasteiger partial charge on any atom is -0.462 e. The summed E-state index contributed by atoms with van der Waals surface area (Å²) < 4.78 is 6.04. The number of esters is 1. The highest BCUT2D eigenvalue weighted by atomic mass is 127. The van der Waals surface area contributed by atoms with Crippen molar-refractivity contribution in [1.29, 1.82) is 0 Å². The van der Waals surface area contributed by atoms with Crippen molar-refractivity contribution in [2.24, 2.45) is 0 Å². The first-order valence-corrected chi connectivity index (χ1v) is 6.09. The molecule has 17 heavy (non-hydrogen) atoms. The molecule has 0 aliphatic heterocycles.